The Morgan fingerprint density at radius 1 is 1.32 bits per heavy atom. The summed E-state index contributed by atoms with van der Waals surface area (Å²) in [5, 5.41) is 15.7. The number of nitrogens with one attached hydrogen (secondary N) is 2. The number of rotatable bonds is 6. The number of sulfone groups is 1. The molecule has 3 N–H and O–H groups in total. The topological polar surface area (TPSA) is 98.7 Å². The number of carbonyl (C=O) groups excluding carboxylic acids is 1. The Balaban J connectivity index is 2.17. The fourth-order valence-electron chi connectivity index (χ4n) is 2.98. The molecule has 0 spiro atoms. The highest BCUT2D eigenvalue weighted by Gasteiger charge is 2.18. The zero-order chi connectivity index (χ0) is 20.7. The summed E-state index contributed by atoms with van der Waals surface area (Å²) in [6.45, 7) is 5.63. The van der Waals surface area contributed by atoms with Gasteiger partial charge in [0, 0.05) is 25.8 Å². The molecule has 1 aromatic rings. The predicted octanol–water partition coefficient (Wildman–Crippen LogP) is 0.995. The Morgan fingerprint density at radius 2 is 2.00 bits per heavy atom. The van der Waals surface area contributed by atoms with E-state index in [0.717, 1.165) is 25.2 Å². The fourth-order valence-corrected chi connectivity index (χ4v) is 3.86. The lowest BCUT2D eigenvalue weighted by Crippen LogP contribution is -2.32. The highest BCUT2D eigenvalue weighted by Crippen LogP contribution is 2.18. The molecule has 154 valence electrons. The Labute approximate surface area is 167 Å². The number of nitrogens with zero attached hydrogens (tertiary/aromatic N) is 1. The molecular formula is C20H29N3O4S. The second-order valence-electron chi connectivity index (χ2n) is 6.96. The third kappa shape index (κ3) is 5.92. The van der Waals surface area contributed by atoms with E-state index in [0.29, 0.717) is 11.1 Å². The Kier molecular flexibility index (Phi) is 7.79. The van der Waals surface area contributed by atoms with E-state index in [1.54, 1.807) is 25.3 Å². The molecule has 0 aromatic heterocycles. The van der Waals surface area contributed by atoms with Crippen LogP contribution in [0.5, 0.6) is 0 Å². The van der Waals surface area contributed by atoms with Crippen molar-refractivity contribution >= 4 is 15.7 Å². The van der Waals surface area contributed by atoms with Gasteiger partial charge in [-0.25, -0.2) is 8.42 Å². The maximum absolute atomic E-state index is 12.7. The third-order valence-corrected chi connectivity index (χ3v) is 6.34. The second kappa shape index (κ2) is 9.86. The molecule has 2 rings (SSSR count). The van der Waals surface area contributed by atoms with Gasteiger partial charge in [-0.3, -0.25) is 4.79 Å². The minimum atomic E-state index is -3.29. The molecule has 0 bridgehead atoms. The molecule has 1 heterocycles. The third-order valence-electron chi connectivity index (χ3n) is 4.59. The van der Waals surface area contributed by atoms with Crippen molar-refractivity contribution < 1.29 is 18.3 Å². The number of likely N-dealkylation sites (N-methyl/N-ethyl adjacent to an activating group) is 1. The van der Waals surface area contributed by atoms with Crippen LogP contribution >= 0.6 is 0 Å². The SMILES string of the molecule is CCS(=O)(=O)c1ccc(C(CO)NC(=O)C2=CNCCN(C)CC(C)=C2)cc1. The van der Waals surface area contributed by atoms with Crippen molar-refractivity contribution in [1.29, 1.82) is 0 Å². The molecule has 1 amide bonds. The number of carbonyl (C=O) groups is 1. The molecule has 0 saturated heterocycles. The Morgan fingerprint density at radius 3 is 2.61 bits per heavy atom. The number of aliphatic hydroxyl groups excluding tert-OH is 1. The van der Waals surface area contributed by atoms with Crippen molar-refractivity contribution in [3.8, 4) is 0 Å². The summed E-state index contributed by atoms with van der Waals surface area (Å²) >= 11 is 0. The molecule has 1 aliphatic heterocycles. The molecule has 28 heavy (non-hydrogen) atoms. The van der Waals surface area contributed by atoms with E-state index in [9.17, 15) is 18.3 Å². The number of hydrogen-bond acceptors (Lipinski definition) is 6. The summed E-state index contributed by atoms with van der Waals surface area (Å²) in [7, 11) is -1.27. The van der Waals surface area contributed by atoms with Crippen LogP contribution in [-0.4, -0.2) is 63.4 Å². The predicted molar refractivity (Wildman–Crippen MR) is 109 cm³/mol. The van der Waals surface area contributed by atoms with Crippen LogP contribution in [0.4, 0.5) is 0 Å². The van der Waals surface area contributed by atoms with Gasteiger partial charge in [0.05, 0.1) is 28.9 Å². The van der Waals surface area contributed by atoms with Crippen LogP contribution in [0.2, 0.25) is 0 Å². The molecule has 0 saturated carbocycles. The van der Waals surface area contributed by atoms with Crippen molar-refractivity contribution in [2.24, 2.45) is 0 Å². The lowest BCUT2D eigenvalue weighted by Gasteiger charge is -2.18. The summed E-state index contributed by atoms with van der Waals surface area (Å²) in [5.41, 5.74) is 2.18. The van der Waals surface area contributed by atoms with Crippen LogP contribution < -0.4 is 10.6 Å². The van der Waals surface area contributed by atoms with Crippen molar-refractivity contribution in [2.75, 3.05) is 39.0 Å². The first-order valence-electron chi connectivity index (χ1n) is 9.30. The normalized spacial score (nSPS) is 17.3. The van der Waals surface area contributed by atoms with E-state index in [1.807, 2.05) is 20.0 Å². The zero-order valence-electron chi connectivity index (χ0n) is 16.6. The number of benzene rings is 1. The van der Waals surface area contributed by atoms with E-state index >= 15 is 0 Å². The van der Waals surface area contributed by atoms with Gasteiger partial charge in [0.1, 0.15) is 0 Å². The van der Waals surface area contributed by atoms with Crippen molar-refractivity contribution in [3.05, 3.63) is 53.3 Å². The summed E-state index contributed by atoms with van der Waals surface area (Å²) < 4.78 is 23.9. The number of aliphatic hydroxyl groups is 1. The van der Waals surface area contributed by atoms with E-state index < -0.39 is 15.9 Å². The van der Waals surface area contributed by atoms with Gasteiger partial charge in [-0.15, -0.1) is 0 Å². The van der Waals surface area contributed by atoms with Gasteiger partial charge in [0.25, 0.3) is 5.91 Å². The first-order valence-corrected chi connectivity index (χ1v) is 11.0. The minimum absolute atomic E-state index is 0.0224. The van der Waals surface area contributed by atoms with Crippen LogP contribution in [0.1, 0.15) is 25.5 Å². The average molecular weight is 408 g/mol. The van der Waals surface area contributed by atoms with E-state index in [2.05, 4.69) is 15.5 Å². The quantitative estimate of drug-likeness (QED) is 0.651. The maximum atomic E-state index is 12.7. The van der Waals surface area contributed by atoms with Crippen molar-refractivity contribution in [2.45, 2.75) is 24.8 Å². The van der Waals surface area contributed by atoms with Crippen molar-refractivity contribution in [1.82, 2.24) is 15.5 Å². The van der Waals surface area contributed by atoms with Gasteiger partial charge in [-0.05, 0) is 37.7 Å². The smallest absolute Gasteiger partial charge is 0.253 e. The molecule has 0 radical (unpaired) electrons. The lowest BCUT2D eigenvalue weighted by atomic mass is 10.1. The molecule has 7 nitrogen and oxygen atoms in total. The number of hydrogen-bond donors (Lipinski definition) is 3. The molecule has 1 aliphatic rings. The molecule has 1 unspecified atom stereocenters. The van der Waals surface area contributed by atoms with Gasteiger partial charge in [-0.2, -0.15) is 0 Å². The molecule has 8 heteroatoms. The lowest BCUT2D eigenvalue weighted by molar-refractivity contribution is -0.118. The Hall–Kier alpha value is -2.16. The highest BCUT2D eigenvalue weighted by molar-refractivity contribution is 7.91. The first-order chi connectivity index (χ1) is 13.3. The average Bonchev–Trinajstić information content (AvgIpc) is 2.75. The highest BCUT2D eigenvalue weighted by atomic mass is 32.2. The second-order valence-corrected chi connectivity index (χ2v) is 9.24. The monoisotopic (exact) mass is 407 g/mol. The van der Waals surface area contributed by atoms with Crippen LogP contribution in [0.3, 0.4) is 0 Å². The van der Waals surface area contributed by atoms with E-state index in [1.165, 1.54) is 12.1 Å². The standard InChI is InChI=1S/C20H29N3O4S/c1-4-28(26,27)18-7-5-16(6-8-18)19(14-24)22-20(25)17-11-15(2)13-23(3)10-9-21-12-17/h5-8,11-12,19,21,24H,4,9-10,13-14H2,1-3H3,(H,22,25). The van der Waals surface area contributed by atoms with Gasteiger partial charge in [0.2, 0.25) is 0 Å². The number of amides is 1. The molecule has 0 aliphatic carbocycles. The minimum Gasteiger partial charge on any atom is -0.394 e. The molecule has 0 fully saturated rings. The van der Waals surface area contributed by atoms with Gasteiger partial charge < -0.3 is 20.6 Å². The van der Waals surface area contributed by atoms with Crippen LogP contribution in [-0.2, 0) is 14.6 Å². The van der Waals surface area contributed by atoms with Crippen LogP contribution in [0.15, 0.2) is 52.6 Å². The maximum Gasteiger partial charge on any atom is 0.253 e. The van der Waals surface area contributed by atoms with E-state index in [-0.39, 0.29) is 23.2 Å². The van der Waals surface area contributed by atoms with Gasteiger partial charge in [0.15, 0.2) is 9.84 Å². The zero-order valence-corrected chi connectivity index (χ0v) is 17.4. The molecular weight excluding hydrogens is 378 g/mol. The van der Waals surface area contributed by atoms with Crippen molar-refractivity contribution in [3.63, 3.8) is 0 Å². The summed E-state index contributed by atoms with van der Waals surface area (Å²) in [6.07, 6.45) is 3.51. The molecule has 1 atom stereocenters. The summed E-state index contributed by atoms with van der Waals surface area (Å²) in [4.78, 5) is 15.1. The fraction of sp³-hybridized carbons (Fsp3) is 0.450. The van der Waals surface area contributed by atoms with Gasteiger partial charge in [-0.1, -0.05) is 24.6 Å². The summed E-state index contributed by atoms with van der Waals surface area (Å²) in [5.74, 6) is -0.283. The molecule has 1 aromatic carbocycles. The first kappa shape index (κ1) is 22.1. The van der Waals surface area contributed by atoms with E-state index in [4.69, 9.17) is 0 Å². The van der Waals surface area contributed by atoms with Crippen LogP contribution in [0, 0.1) is 0 Å². The van der Waals surface area contributed by atoms with Crippen LogP contribution in [0.25, 0.3) is 0 Å². The largest absolute Gasteiger partial charge is 0.394 e. The Bertz CT molecular complexity index is 845. The summed E-state index contributed by atoms with van der Waals surface area (Å²) in [6, 6.07) is 5.62. The van der Waals surface area contributed by atoms with Gasteiger partial charge >= 0.3 is 0 Å².